The highest BCUT2D eigenvalue weighted by molar-refractivity contribution is 9.10. The van der Waals surface area contributed by atoms with Gasteiger partial charge in [0.05, 0.1) is 4.92 Å². The number of nitrogens with zero attached hydrogens (tertiary/aromatic N) is 2. The fourth-order valence-electron chi connectivity index (χ4n) is 1.42. The third-order valence-electron chi connectivity index (χ3n) is 2.08. The lowest BCUT2D eigenvalue weighted by atomic mass is 10.1. The second-order valence-corrected chi connectivity index (χ2v) is 3.80. The molecule has 0 radical (unpaired) electrons. The van der Waals surface area contributed by atoms with E-state index >= 15 is 0 Å². The summed E-state index contributed by atoms with van der Waals surface area (Å²) in [7, 11) is 0. The summed E-state index contributed by atoms with van der Waals surface area (Å²) in [4.78, 5) is 14.2. The molecule has 0 aliphatic rings. The minimum Gasteiger partial charge on any atom is -0.383 e. The van der Waals surface area contributed by atoms with Crippen molar-refractivity contribution < 1.29 is 4.92 Å². The van der Waals surface area contributed by atoms with Crippen molar-refractivity contribution in [2.75, 3.05) is 5.73 Å². The Bertz CT molecular complexity index is 556. The molecule has 6 heteroatoms. The van der Waals surface area contributed by atoms with E-state index in [1.165, 1.54) is 12.3 Å². The molecule has 0 amide bonds. The van der Waals surface area contributed by atoms with Gasteiger partial charge in [0, 0.05) is 22.1 Å². The zero-order valence-electron chi connectivity index (χ0n) is 7.48. The van der Waals surface area contributed by atoms with Crippen LogP contribution in [0.5, 0.6) is 0 Å². The summed E-state index contributed by atoms with van der Waals surface area (Å²) >= 11 is 3.31. The summed E-state index contributed by atoms with van der Waals surface area (Å²) in [5.41, 5.74) is 5.60. The van der Waals surface area contributed by atoms with E-state index in [0.29, 0.717) is 10.8 Å². The maximum atomic E-state index is 10.8. The van der Waals surface area contributed by atoms with Gasteiger partial charge >= 0.3 is 0 Å². The fourth-order valence-corrected chi connectivity index (χ4v) is 1.89. The van der Waals surface area contributed by atoms with Crippen molar-refractivity contribution in [3.8, 4) is 0 Å². The number of hydrogen-bond donors (Lipinski definition) is 1. The van der Waals surface area contributed by atoms with E-state index in [1.54, 1.807) is 12.1 Å². The first-order valence-corrected chi connectivity index (χ1v) is 4.87. The topological polar surface area (TPSA) is 82.0 Å². The van der Waals surface area contributed by atoms with Gasteiger partial charge in [0.1, 0.15) is 11.2 Å². The molecule has 15 heavy (non-hydrogen) atoms. The van der Waals surface area contributed by atoms with Crippen LogP contribution in [0.4, 0.5) is 11.5 Å². The molecule has 0 aliphatic heterocycles. The van der Waals surface area contributed by atoms with Gasteiger partial charge < -0.3 is 5.73 Å². The van der Waals surface area contributed by atoms with Crippen LogP contribution in [0.3, 0.4) is 0 Å². The number of fused-ring (bicyclic) bond motifs is 1. The van der Waals surface area contributed by atoms with E-state index in [1.807, 2.05) is 0 Å². The molecule has 1 heterocycles. The maximum Gasteiger partial charge on any atom is 0.280 e. The number of hydrogen-bond acceptors (Lipinski definition) is 4. The smallest absolute Gasteiger partial charge is 0.280 e. The number of non-ortho nitro benzene ring substituents is 1. The largest absolute Gasteiger partial charge is 0.383 e. The summed E-state index contributed by atoms with van der Waals surface area (Å²) in [5.74, 6) is 0.167. The molecule has 0 atom stereocenters. The minimum atomic E-state index is -0.465. The van der Waals surface area contributed by atoms with Gasteiger partial charge in [-0.15, -0.1) is 0 Å². The van der Waals surface area contributed by atoms with Gasteiger partial charge in [0.15, 0.2) is 0 Å². The Morgan fingerprint density at radius 3 is 2.80 bits per heavy atom. The first kappa shape index (κ1) is 9.85. The SMILES string of the molecule is Nc1nccc2c(Br)ccc([N+](=O)[O-])c12. The number of nitrogens with two attached hydrogens (primary N) is 1. The van der Waals surface area contributed by atoms with Crippen LogP contribution in [0.15, 0.2) is 28.9 Å². The van der Waals surface area contributed by atoms with Crippen LogP contribution in [-0.4, -0.2) is 9.91 Å². The number of pyridine rings is 1. The Kier molecular flexibility index (Phi) is 2.28. The first-order chi connectivity index (χ1) is 7.11. The lowest BCUT2D eigenvalue weighted by molar-refractivity contribution is -0.383. The normalized spacial score (nSPS) is 10.5. The number of nitrogen functional groups attached to an aromatic ring is 1. The molecule has 0 spiro atoms. The Balaban J connectivity index is 2.96. The van der Waals surface area contributed by atoms with Gasteiger partial charge in [0.2, 0.25) is 0 Å². The second kappa shape index (κ2) is 3.47. The van der Waals surface area contributed by atoms with E-state index in [-0.39, 0.29) is 11.5 Å². The van der Waals surface area contributed by atoms with Crippen LogP contribution in [-0.2, 0) is 0 Å². The maximum absolute atomic E-state index is 10.8. The predicted octanol–water partition coefficient (Wildman–Crippen LogP) is 2.49. The monoisotopic (exact) mass is 267 g/mol. The summed E-state index contributed by atoms with van der Waals surface area (Å²) < 4.78 is 0.761. The van der Waals surface area contributed by atoms with E-state index in [0.717, 1.165) is 4.47 Å². The van der Waals surface area contributed by atoms with Crippen LogP contribution in [0.2, 0.25) is 0 Å². The first-order valence-electron chi connectivity index (χ1n) is 4.08. The van der Waals surface area contributed by atoms with Crippen LogP contribution in [0, 0.1) is 10.1 Å². The van der Waals surface area contributed by atoms with Gasteiger partial charge in [-0.2, -0.15) is 0 Å². The number of anilines is 1. The summed E-state index contributed by atoms with van der Waals surface area (Å²) in [6, 6.07) is 4.72. The van der Waals surface area contributed by atoms with Crippen LogP contribution in [0.25, 0.3) is 10.8 Å². The van der Waals surface area contributed by atoms with Crippen LogP contribution < -0.4 is 5.73 Å². The quantitative estimate of drug-likeness (QED) is 0.636. The number of halogens is 1. The van der Waals surface area contributed by atoms with Crippen molar-refractivity contribution >= 4 is 38.2 Å². The number of aromatic nitrogens is 1. The predicted molar refractivity (Wildman–Crippen MR) is 60.5 cm³/mol. The molecule has 1 aromatic heterocycles. The van der Waals surface area contributed by atoms with Crippen molar-refractivity contribution in [1.82, 2.24) is 4.98 Å². The molecule has 0 saturated carbocycles. The van der Waals surface area contributed by atoms with Crippen molar-refractivity contribution in [2.24, 2.45) is 0 Å². The molecule has 76 valence electrons. The van der Waals surface area contributed by atoms with Gasteiger partial charge in [0.25, 0.3) is 5.69 Å². The van der Waals surface area contributed by atoms with Crippen molar-refractivity contribution in [3.63, 3.8) is 0 Å². The van der Waals surface area contributed by atoms with Gasteiger partial charge in [-0.05, 0) is 12.1 Å². The standard InChI is InChI=1S/C9H6BrN3O2/c10-6-1-2-7(13(14)15)8-5(6)3-4-12-9(8)11/h1-4H,(H2,11,12). The number of nitro groups is 1. The van der Waals surface area contributed by atoms with Gasteiger partial charge in [-0.3, -0.25) is 10.1 Å². The molecule has 0 bridgehead atoms. The lowest BCUT2D eigenvalue weighted by Crippen LogP contribution is -1.96. The van der Waals surface area contributed by atoms with Crippen molar-refractivity contribution in [3.05, 3.63) is 39.0 Å². The molecule has 0 aliphatic carbocycles. The van der Waals surface area contributed by atoms with Crippen LogP contribution in [0.1, 0.15) is 0 Å². The molecular weight excluding hydrogens is 262 g/mol. The molecule has 0 saturated heterocycles. The van der Waals surface area contributed by atoms with Gasteiger partial charge in [-0.25, -0.2) is 4.98 Å². The fraction of sp³-hybridized carbons (Fsp3) is 0. The third kappa shape index (κ3) is 1.52. The average Bonchev–Trinajstić information content (AvgIpc) is 2.19. The second-order valence-electron chi connectivity index (χ2n) is 2.94. The highest BCUT2D eigenvalue weighted by Crippen LogP contribution is 2.33. The number of benzene rings is 1. The van der Waals surface area contributed by atoms with E-state index in [4.69, 9.17) is 5.73 Å². The zero-order chi connectivity index (χ0) is 11.0. The molecule has 2 rings (SSSR count). The minimum absolute atomic E-state index is 0.0289. The Labute approximate surface area is 93.2 Å². The molecule has 2 N–H and O–H groups in total. The molecule has 0 unspecified atom stereocenters. The Morgan fingerprint density at radius 2 is 2.13 bits per heavy atom. The molecule has 5 nitrogen and oxygen atoms in total. The Hall–Kier alpha value is -1.69. The summed E-state index contributed by atoms with van der Waals surface area (Å²) in [6.07, 6.45) is 1.52. The third-order valence-corrected chi connectivity index (χ3v) is 2.77. The highest BCUT2D eigenvalue weighted by Gasteiger charge is 2.16. The van der Waals surface area contributed by atoms with Crippen molar-refractivity contribution in [1.29, 1.82) is 0 Å². The number of nitro benzene ring substituents is 1. The van der Waals surface area contributed by atoms with E-state index < -0.39 is 4.92 Å². The Morgan fingerprint density at radius 1 is 1.40 bits per heavy atom. The molecule has 1 aromatic carbocycles. The summed E-state index contributed by atoms with van der Waals surface area (Å²) in [6.45, 7) is 0. The highest BCUT2D eigenvalue weighted by atomic mass is 79.9. The van der Waals surface area contributed by atoms with Gasteiger partial charge in [-0.1, -0.05) is 15.9 Å². The van der Waals surface area contributed by atoms with E-state index in [9.17, 15) is 10.1 Å². The average molecular weight is 268 g/mol. The molecular formula is C9H6BrN3O2. The molecule has 2 aromatic rings. The van der Waals surface area contributed by atoms with Crippen molar-refractivity contribution in [2.45, 2.75) is 0 Å². The zero-order valence-corrected chi connectivity index (χ0v) is 9.06. The molecule has 0 fully saturated rings. The number of rotatable bonds is 1. The van der Waals surface area contributed by atoms with E-state index in [2.05, 4.69) is 20.9 Å². The lowest BCUT2D eigenvalue weighted by Gasteiger charge is -2.03. The summed E-state index contributed by atoms with van der Waals surface area (Å²) in [5, 5.41) is 11.8. The van der Waals surface area contributed by atoms with Crippen LogP contribution >= 0.6 is 15.9 Å².